The molecule has 0 saturated heterocycles. The van der Waals surface area contributed by atoms with Crippen LogP contribution in [0.3, 0.4) is 0 Å². The number of nitrogens with one attached hydrogen (secondary N) is 1. The molecule has 0 spiro atoms. The Morgan fingerprint density at radius 2 is 2.29 bits per heavy atom. The fraction of sp³-hybridized carbons (Fsp3) is 0.500. The van der Waals surface area contributed by atoms with Gasteiger partial charge in [-0.1, -0.05) is 0 Å². The molecule has 2 aliphatic rings. The smallest absolute Gasteiger partial charge is 0.205 e. The van der Waals surface area contributed by atoms with E-state index in [0.29, 0.717) is 5.84 Å². The number of guanidine groups is 1. The fourth-order valence-corrected chi connectivity index (χ4v) is 1.29. The van der Waals surface area contributed by atoms with Crippen molar-refractivity contribution in [1.29, 1.82) is 0 Å². The van der Waals surface area contributed by atoms with Gasteiger partial charge in [0.2, 0.25) is 5.96 Å². The Hall–Kier alpha value is -1.72. The van der Waals surface area contributed by atoms with Gasteiger partial charge in [-0.15, -0.1) is 0 Å². The van der Waals surface area contributed by atoms with Gasteiger partial charge in [0, 0.05) is 21.1 Å². The Morgan fingerprint density at radius 1 is 1.50 bits per heavy atom. The quantitative estimate of drug-likeness (QED) is 0.554. The van der Waals surface area contributed by atoms with Crippen LogP contribution in [0.4, 0.5) is 0 Å². The number of aliphatic imine (C=N–C) groups is 4. The van der Waals surface area contributed by atoms with Crippen LogP contribution in [0.5, 0.6) is 0 Å². The van der Waals surface area contributed by atoms with Gasteiger partial charge in [0.1, 0.15) is 12.2 Å². The van der Waals surface area contributed by atoms with Crippen molar-refractivity contribution in [3.8, 4) is 0 Å². The third-order valence-corrected chi connectivity index (χ3v) is 2.03. The second kappa shape index (κ2) is 3.21. The first-order valence-electron chi connectivity index (χ1n) is 4.31. The summed E-state index contributed by atoms with van der Waals surface area (Å²) in [6.07, 6.45) is 1.53. The zero-order valence-electron chi connectivity index (χ0n) is 8.39. The van der Waals surface area contributed by atoms with E-state index in [0.717, 1.165) is 11.8 Å². The highest BCUT2D eigenvalue weighted by atomic mass is 15.3. The maximum Gasteiger partial charge on any atom is 0.205 e. The standard InChI is InChI=1S/C8H12N6/c1-9-6-5-7(11-4-10-5)13-8(12-6)14(2)3/h4-5H,1-3H3,(H,9,10,11,12,13). The molecule has 6 nitrogen and oxygen atoms in total. The molecule has 0 bridgehead atoms. The first kappa shape index (κ1) is 8.86. The maximum atomic E-state index is 4.33. The van der Waals surface area contributed by atoms with Gasteiger partial charge in [0.15, 0.2) is 11.9 Å². The van der Waals surface area contributed by atoms with Gasteiger partial charge < -0.3 is 10.2 Å². The summed E-state index contributed by atoms with van der Waals surface area (Å²) in [5.41, 5.74) is 0. The van der Waals surface area contributed by atoms with E-state index in [1.54, 1.807) is 7.05 Å². The molecule has 0 saturated carbocycles. The zero-order chi connectivity index (χ0) is 10.1. The van der Waals surface area contributed by atoms with Gasteiger partial charge >= 0.3 is 0 Å². The molecule has 1 unspecified atom stereocenters. The summed E-state index contributed by atoms with van der Waals surface area (Å²) in [5, 5.41) is 3.10. The van der Waals surface area contributed by atoms with Crippen molar-refractivity contribution in [2.24, 2.45) is 20.0 Å². The summed E-state index contributed by atoms with van der Waals surface area (Å²) < 4.78 is 0. The summed E-state index contributed by atoms with van der Waals surface area (Å²) in [5.74, 6) is 2.23. The van der Waals surface area contributed by atoms with E-state index in [2.05, 4.69) is 25.3 Å². The number of hydrogen-bond acceptors (Lipinski definition) is 5. The summed E-state index contributed by atoms with van der Waals surface area (Å²) in [6.45, 7) is 0. The van der Waals surface area contributed by atoms with Gasteiger partial charge in [-0.05, 0) is 0 Å². The van der Waals surface area contributed by atoms with Crippen LogP contribution in [0, 0.1) is 0 Å². The molecule has 0 aromatic rings. The lowest BCUT2D eigenvalue weighted by atomic mass is 10.2. The molecule has 0 amide bonds. The Morgan fingerprint density at radius 3 is 2.93 bits per heavy atom. The summed E-state index contributed by atoms with van der Waals surface area (Å²) >= 11 is 0. The summed E-state index contributed by atoms with van der Waals surface area (Å²) in [7, 11) is 5.54. The lowest BCUT2D eigenvalue weighted by Gasteiger charge is -2.24. The van der Waals surface area contributed by atoms with Crippen LogP contribution in [-0.2, 0) is 0 Å². The van der Waals surface area contributed by atoms with E-state index in [9.17, 15) is 0 Å². The predicted molar refractivity (Wildman–Crippen MR) is 57.3 cm³/mol. The molecule has 1 N–H and O–H groups in total. The topological polar surface area (TPSA) is 64.7 Å². The van der Waals surface area contributed by atoms with E-state index in [-0.39, 0.29) is 6.04 Å². The highest BCUT2D eigenvalue weighted by Crippen LogP contribution is 2.08. The highest BCUT2D eigenvalue weighted by molar-refractivity contribution is 6.24. The lowest BCUT2D eigenvalue weighted by molar-refractivity contribution is 0.602. The Balaban J connectivity index is 2.36. The number of fused-ring (bicyclic) bond motifs is 1. The van der Waals surface area contributed by atoms with E-state index >= 15 is 0 Å². The Labute approximate surface area is 82.2 Å². The number of hydrogen-bond donors (Lipinski definition) is 1. The molecule has 14 heavy (non-hydrogen) atoms. The van der Waals surface area contributed by atoms with E-state index in [1.165, 1.54) is 6.34 Å². The molecule has 0 fully saturated rings. The average Bonchev–Trinajstić information content (AvgIpc) is 2.63. The van der Waals surface area contributed by atoms with Crippen molar-refractivity contribution >= 4 is 24.0 Å². The van der Waals surface area contributed by atoms with Crippen LogP contribution < -0.4 is 5.32 Å². The van der Waals surface area contributed by atoms with Crippen molar-refractivity contribution in [3.05, 3.63) is 0 Å². The minimum Gasteiger partial charge on any atom is -0.348 e. The van der Waals surface area contributed by atoms with Crippen LogP contribution in [0.1, 0.15) is 0 Å². The first-order valence-corrected chi connectivity index (χ1v) is 4.31. The molecular formula is C8H12N6. The second-order valence-corrected chi connectivity index (χ2v) is 3.22. The van der Waals surface area contributed by atoms with Crippen molar-refractivity contribution in [2.75, 3.05) is 21.1 Å². The average molecular weight is 192 g/mol. The molecule has 0 aliphatic carbocycles. The Kier molecular flexibility index (Phi) is 2.03. The van der Waals surface area contributed by atoms with Crippen LogP contribution in [-0.4, -0.2) is 56.1 Å². The van der Waals surface area contributed by atoms with Gasteiger partial charge in [0.05, 0.1) is 0 Å². The zero-order valence-corrected chi connectivity index (χ0v) is 8.39. The van der Waals surface area contributed by atoms with Gasteiger partial charge in [0.25, 0.3) is 0 Å². The van der Waals surface area contributed by atoms with E-state index < -0.39 is 0 Å². The van der Waals surface area contributed by atoms with E-state index in [4.69, 9.17) is 0 Å². The molecular weight excluding hydrogens is 180 g/mol. The van der Waals surface area contributed by atoms with Crippen molar-refractivity contribution in [1.82, 2.24) is 10.2 Å². The lowest BCUT2D eigenvalue weighted by Crippen LogP contribution is -2.50. The third-order valence-electron chi connectivity index (χ3n) is 2.03. The summed E-state index contributed by atoms with van der Waals surface area (Å²) in [4.78, 5) is 18.6. The van der Waals surface area contributed by atoms with Gasteiger partial charge in [-0.2, -0.15) is 4.99 Å². The monoisotopic (exact) mass is 192 g/mol. The predicted octanol–water partition coefficient (Wildman–Crippen LogP) is -0.655. The van der Waals surface area contributed by atoms with Gasteiger partial charge in [-0.25, -0.2) is 4.99 Å². The third kappa shape index (κ3) is 1.28. The van der Waals surface area contributed by atoms with Crippen molar-refractivity contribution in [2.45, 2.75) is 6.04 Å². The minimum absolute atomic E-state index is 0.135. The largest absolute Gasteiger partial charge is 0.348 e. The Bertz CT molecular complexity index is 362. The maximum absolute atomic E-state index is 4.33. The normalized spacial score (nSPS) is 26.8. The molecule has 6 heteroatoms. The molecule has 0 aromatic carbocycles. The second-order valence-electron chi connectivity index (χ2n) is 3.22. The minimum atomic E-state index is -0.135. The van der Waals surface area contributed by atoms with Crippen LogP contribution in [0.15, 0.2) is 20.0 Å². The molecule has 2 heterocycles. The van der Waals surface area contributed by atoms with Crippen LogP contribution in [0.2, 0.25) is 0 Å². The fourth-order valence-electron chi connectivity index (χ4n) is 1.29. The van der Waals surface area contributed by atoms with Crippen LogP contribution >= 0.6 is 0 Å². The number of rotatable bonds is 0. The SMILES string of the molecule is CN=C1N=C(N(C)C)NC2=NC=NC12. The van der Waals surface area contributed by atoms with Crippen LogP contribution in [0.25, 0.3) is 0 Å². The number of amidine groups is 2. The van der Waals surface area contributed by atoms with Crippen molar-refractivity contribution < 1.29 is 0 Å². The molecule has 74 valence electrons. The van der Waals surface area contributed by atoms with E-state index in [1.807, 2.05) is 19.0 Å². The molecule has 1 atom stereocenters. The van der Waals surface area contributed by atoms with Crippen molar-refractivity contribution in [3.63, 3.8) is 0 Å². The molecule has 2 aliphatic heterocycles. The van der Waals surface area contributed by atoms with Gasteiger partial charge in [-0.3, -0.25) is 9.98 Å². The molecule has 0 radical (unpaired) electrons. The molecule has 0 aromatic heterocycles. The first-order chi connectivity index (χ1) is 6.72. The molecule has 2 rings (SSSR count). The highest BCUT2D eigenvalue weighted by Gasteiger charge is 2.29. The number of nitrogens with zero attached hydrogens (tertiary/aromatic N) is 5. The summed E-state index contributed by atoms with van der Waals surface area (Å²) in [6, 6.07) is -0.135.